The molecule has 4 rings (SSSR count). The van der Waals surface area contributed by atoms with Gasteiger partial charge in [-0.2, -0.15) is 0 Å². The van der Waals surface area contributed by atoms with Gasteiger partial charge in [0.15, 0.2) is 18.9 Å². The lowest BCUT2D eigenvalue weighted by Gasteiger charge is -2.16. The molecule has 41 heavy (non-hydrogen) atoms. The van der Waals surface area contributed by atoms with E-state index in [9.17, 15) is 9.59 Å². The van der Waals surface area contributed by atoms with Crippen molar-refractivity contribution in [3.05, 3.63) is 113 Å². The van der Waals surface area contributed by atoms with Crippen LogP contribution in [-0.4, -0.2) is 32.6 Å². The fourth-order valence-electron chi connectivity index (χ4n) is 4.14. The van der Waals surface area contributed by atoms with Crippen LogP contribution < -0.4 is 40.7 Å². The van der Waals surface area contributed by atoms with Gasteiger partial charge in [0.05, 0.1) is 11.1 Å². The number of rotatable bonds is 9. The fourth-order valence-corrected chi connectivity index (χ4v) is 4.14. The van der Waals surface area contributed by atoms with Crippen LogP contribution in [-0.2, 0) is 6.54 Å². The predicted octanol–water partition coefficient (Wildman–Crippen LogP) is 2.80. The van der Waals surface area contributed by atoms with E-state index in [-0.39, 0.29) is 17.0 Å². The first-order valence-corrected chi connectivity index (χ1v) is 13.1. The molecule has 0 bridgehead atoms. The van der Waals surface area contributed by atoms with Crippen LogP contribution in [0.2, 0.25) is 0 Å². The molecule has 0 saturated heterocycles. The molecule has 3 aromatic carbocycles. The van der Waals surface area contributed by atoms with Crippen molar-refractivity contribution < 1.29 is 45.3 Å². The molecule has 8 heteroatoms. The van der Waals surface area contributed by atoms with E-state index in [0.717, 1.165) is 22.4 Å². The SMILES string of the molecule is Cc1ccc(C(=O)Oc2cc(C)c(OC(=O)c3ccc(OCC[n+]4ccc(N(C)C)cc4)cc3)c(C)c2C)cc1.[Br-]. The van der Waals surface area contributed by atoms with Gasteiger partial charge in [-0.1, -0.05) is 17.7 Å². The molecular formula is C33H35BrN2O5. The monoisotopic (exact) mass is 618 g/mol. The minimum atomic E-state index is -0.474. The van der Waals surface area contributed by atoms with Gasteiger partial charge < -0.3 is 36.1 Å². The number of pyridine rings is 1. The van der Waals surface area contributed by atoms with Crippen LogP contribution in [0.1, 0.15) is 43.0 Å². The van der Waals surface area contributed by atoms with Crippen molar-refractivity contribution >= 4 is 17.6 Å². The number of nitrogens with zero attached hydrogens (tertiary/aromatic N) is 2. The maximum Gasteiger partial charge on any atom is 0.343 e. The van der Waals surface area contributed by atoms with Crippen molar-refractivity contribution in [2.45, 2.75) is 34.2 Å². The van der Waals surface area contributed by atoms with Crippen molar-refractivity contribution in [1.29, 1.82) is 0 Å². The van der Waals surface area contributed by atoms with Crippen LogP contribution in [0.15, 0.2) is 79.1 Å². The summed E-state index contributed by atoms with van der Waals surface area (Å²) in [6.07, 6.45) is 4.04. The van der Waals surface area contributed by atoms with Gasteiger partial charge in [-0.25, -0.2) is 14.2 Å². The van der Waals surface area contributed by atoms with Crippen molar-refractivity contribution in [1.82, 2.24) is 0 Å². The van der Waals surface area contributed by atoms with E-state index >= 15 is 0 Å². The Labute approximate surface area is 252 Å². The summed E-state index contributed by atoms with van der Waals surface area (Å²) >= 11 is 0. The number of anilines is 1. The second-order valence-electron chi connectivity index (χ2n) is 9.98. The van der Waals surface area contributed by atoms with E-state index in [4.69, 9.17) is 14.2 Å². The zero-order valence-electron chi connectivity index (χ0n) is 24.2. The number of esters is 2. The summed E-state index contributed by atoms with van der Waals surface area (Å²) < 4.78 is 19.4. The Bertz CT molecular complexity index is 1500. The van der Waals surface area contributed by atoms with Gasteiger partial charge in [0.2, 0.25) is 0 Å². The van der Waals surface area contributed by atoms with Crippen LogP contribution >= 0.6 is 0 Å². The Morgan fingerprint density at radius 2 is 1.32 bits per heavy atom. The van der Waals surface area contributed by atoms with E-state index in [1.165, 1.54) is 0 Å². The molecule has 4 aromatic rings. The summed E-state index contributed by atoms with van der Waals surface area (Å²) in [5.41, 5.74) is 5.24. The zero-order valence-corrected chi connectivity index (χ0v) is 25.8. The van der Waals surface area contributed by atoms with E-state index in [1.807, 2.05) is 66.3 Å². The molecule has 1 heterocycles. The predicted molar refractivity (Wildman–Crippen MR) is 155 cm³/mol. The number of carbonyl (C=O) groups is 2. The highest BCUT2D eigenvalue weighted by molar-refractivity contribution is 5.92. The summed E-state index contributed by atoms with van der Waals surface area (Å²) in [6, 6.07) is 19.9. The Kier molecular flexibility index (Phi) is 10.7. The minimum absolute atomic E-state index is 0. The molecule has 0 spiro atoms. The van der Waals surface area contributed by atoms with Crippen LogP contribution in [0, 0.1) is 27.7 Å². The molecule has 0 amide bonds. The summed E-state index contributed by atoms with van der Waals surface area (Å²) in [4.78, 5) is 27.6. The van der Waals surface area contributed by atoms with E-state index < -0.39 is 11.9 Å². The van der Waals surface area contributed by atoms with Crippen LogP contribution in [0.25, 0.3) is 0 Å². The highest BCUT2D eigenvalue weighted by Crippen LogP contribution is 2.34. The van der Waals surface area contributed by atoms with Gasteiger partial charge in [0.1, 0.15) is 23.9 Å². The number of aryl methyl sites for hydroxylation is 2. The zero-order chi connectivity index (χ0) is 28.8. The van der Waals surface area contributed by atoms with E-state index in [1.54, 1.807) is 42.5 Å². The molecule has 0 aliphatic rings. The Morgan fingerprint density at radius 1 is 0.756 bits per heavy atom. The van der Waals surface area contributed by atoms with Gasteiger partial charge >= 0.3 is 11.9 Å². The number of ether oxygens (including phenoxy) is 3. The molecule has 0 unspecified atom stereocenters. The highest BCUT2D eigenvalue weighted by atomic mass is 79.9. The minimum Gasteiger partial charge on any atom is -1.00 e. The second-order valence-corrected chi connectivity index (χ2v) is 9.98. The summed E-state index contributed by atoms with van der Waals surface area (Å²) in [6.45, 7) is 8.66. The first-order chi connectivity index (χ1) is 19.1. The third-order valence-corrected chi connectivity index (χ3v) is 6.76. The van der Waals surface area contributed by atoms with Crippen molar-refractivity contribution in [2.24, 2.45) is 0 Å². The Morgan fingerprint density at radius 3 is 1.90 bits per heavy atom. The fraction of sp³-hybridized carbons (Fsp3) is 0.242. The standard InChI is InChI=1S/C33H35N2O5.BrH/c1-22-7-9-26(10-8-22)32(36)39-30-21-23(2)31(25(4)24(30)3)40-33(37)27-11-13-29(14-12-27)38-20-19-35-17-15-28(16-18-35)34(5)6;/h7-18,21H,19-20H2,1-6H3;1H/q+1;/p-1. The summed E-state index contributed by atoms with van der Waals surface area (Å²) in [5, 5.41) is 0. The molecule has 0 radical (unpaired) electrons. The van der Waals surface area contributed by atoms with Gasteiger partial charge in [-0.15, -0.1) is 0 Å². The van der Waals surface area contributed by atoms with Crippen LogP contribution in [0.3, 0.4) is 0 Å². The maximum absolute atomic E-state index is 12.9. The normalized spacial score (nSPS) is 10.4. The molecule has 0 aliphatic heterocycles. The number of benzene rings is 3. The molecule has 0 N–H and O–H groups in total. The lowest BCUT2D eigenvalue weighted by atomic mass is 10.0. The lowest BCUT2D eigenvalue weighted by molar-refractivity contribution is -0.697. The maximum atomic E-state index is 12.9. The van der Waals surface area contributed by atoms with Crippen molar-refractivity contribution in [3.63, 3.8) is 0 Å². The number of hydrogen-bond acceptors (Lipinski definition) is 6. The molecular weight excluding hydrogens is 584 g/mol. The summed E-state index contributed by atoms with van der Waals surface area (Å²) in [5.74, 6) is 0.654. The highest BCUT2D eigenvalue weighted by Gasteiger charge is 2.19. The third-order valence-electron chi connectivity index (χ3n) is 6.76. The van der Waals surface area contributed by atoms with Crippen molar-refractivity contribution in [2.75, 3.05) is 25.6 Å². The smallest absolute Gasteiger partial charge is 0.343 e. The van der Waals surface area contributed by atoms with E-state index in [0.29, 0.717) is 47.1 Å². The van der Waals surface area contributed by atoms with Crippen LogP contribution in [0.4, 0.5) is 5.69 Å². The lowest BCUT2D eigenvalue weighted by Crippen LogP contribution is -3.00. The van der Waals surface area contributed by atoms with Gasteiger partial charge in [-0.3, -0.25) is 0 Å². The first-order valence-electron chi connectivity index (χ1n) is 13.1. The average Bonchev–Trinajstić information content (AvgIpc) is 2.94. The first kappa shape index (κ1) is 31.4. The molecule has 0 fully saturated rings. The van der Waals surface area contributed by atoms with Gasteiger partial charge in [0, 0.05) is 31.9 Å². The quantitative estimate of drug-likeness (QED) is 0.163. The summed E-state index contributed by atoms with van der Waals surface area (Å²) in [7, 11) is 4.02. The number of halogens is 1. The molecule has 214 valence electrons. The van der Waals surface area contributed by atoms with Gasteiger partial charge in [-0.05, 0) is 86.8 Å². The third kappa shape index (κ3) is 7.95. The molecule has 0 saturated carbocycles. The molecule has 1 aromatic heterocycles. The van der Waals surface area contributed by atoms with E-state index in [2.05, 4.69) is 21.6 Å². The Hall–Kier alpha value is -4.17. The number of aromatic nitrogens is 1. The number of hydrogen-bond donors (Lipinski definition) is 0. The number of carbonyl (C=O) groups excluding carboxylic acids is 2. The molecule has 7 nitrogen and oxygen atoms in total. The van der Waals surface area contributed by atoms with Gasteiger partial charge in [0.25, 0.3) is 0 Å². The van der Waals surface area contributed by atoms with Crippen LogP contribution in [0.5, 0.6) is 17.2 Å². The largest absolute Gasteiger partial charge is 1.00 e. The second kappa shape index (κ2) is 13.9. The van der Waals surface area contributed by atoms with Crippen molar-refractivity contribution in [3.8, 4) is 17.2 Å². The Balaban J connectivity index is 0.00000462. The molecule has 0 atom stereocenters. The topological polar surface area (TPSA) is 68.9 Å². The average molecular weight is 620 g/mol. The molecule has 0 aliphatic carbocycles.